The molecule has 0 amide bonds. The van der Waals surface area contributed by atoms with E-state index < -0.39 is 0 Å². The van der Waals surface area contributed by atoms with Gasteiger partial charge in [0.2, 0.25) is 0 Å². The summed E-state index contributed by atoms with van der Waals surface area (Å²) in [6.45, 7) is 4.84. The molecule has 0 aliphatic carbocycles. The van der Waals surface area contributed by atoms with Crippen molar-refractivity contribution in [2.75, 3.05) is 6.54 Å². The Labute approximate surface area is 121 Å². The highest BCUT2D eigenvalue weighted by molar-refractivity contribution is 5.27. The molecule has 0 aliphatic heterocycles. The highest BCUT2D eigenvalue weighted by Crippen LogP contribution is 2.14. The van der Waals surface area contributed by atoms with Crippen molar-refractivity contribution < 1.29 is 4.74 Å². The number of nitrogens with one attached hydrogen (secondary N) is 1. The molecule has 2 aromatic carbocycles. The Balaban J connectivity index is 1.76. The molecule has 0 bridgehead atoms. The molecular weight excluding hydrogens is 246 g/mol. The van der Waals surface area contributed by atoms with Crippen LogP contribution in [-0.4, -0.2) is 6.54 Å². The van der Waals surface area contributed by atoms with E-state index in [2.05, 4.69) is 36.5 Å². The lowest BCUT2D eigenvalue weighted by Gasteiger charge is -2.08. The van der Waals surface area contributed by atoms with E-state index in [9.17, 15) is 0 Å². The van der Waals surface area contributed by atoms with Gasteiger partial charge in [0.25, 0.3) is 0 Å². The van der Waals surface area contributed by atoms with Crippen LogP contribution in [0.4, 0.5) is 0 Å². The van der Waals surface area contributed by atoms with E-state index in [1.807, 2.05) is 30.3 Å². The van der Waals surface area contributed by atoms with Gasteiger partial charge < -0.3 is 10.1 Å². The predicted molar refractivity (Wildman–Crippen MR) is 83.8 cm³/mol. The molecule has 0 saturated heterocycles. The highest BCUT2D eigenvalue weighted by Gasteiger charge is 1.97. The Morgan fingerprint density at radius 3 is 2.35 bits per heavy atom. The molecule has 0 heterocycles. The largest absolute Gasteiger partial charge is 0.489 e. The molecule has 20 heavy (non-hydrogen) atoms. The molecule has 0 aromatic heterocycles. The predicted octanol–water partition coefficient (Wildman–Crippen LogP) is 4.16. The van der Waals surface area contributed by atoms with Crippen molar-refractivity contribution in [1.82, 2.24) is 5.32 Å². The Bertz CT molecular complexity index is 479. The molecule has 2 nitrogen and oxygen atoms in total. The standard InChI is InChI=1S/C18H23NO/c1-2-3-13-19-14-16-9-11-18(12-10-16)20-15-17-7-5-4-6-8-17/h4-12,19H,2-3,13-15H2,1H3. The Morgan fingerprint density at radius 2 is 1.65 bits per heavy atom. The fourth-order valence-electron chi connectivity index (χ4n) is 1.98. The summed E-state index contributed by atoms with van der Waals surface area (Å²) in [5, 5.41) is 3.44. The van der Waals surface area contributed by atoms with Gasteiger partial charge in [-0.1, -0.05) is 55.8 Å². The fourth-order valence-corrected chi connectivity index (χ4v) is 1.98. The number of unbranched alkanes of at least 4 members (excludes halogenated alkanes) is 1. The monoisotopic (exact) mass is 269 g/mol. The molecule has 0 unspecified atom stereocenters. The van der Waals surface area contributed by atoms with Crippen molar-refractivity contribution >= 4 is 0 Å². The van der Waals surface area contributed by atoms with Crippen LogP contribution >= 0.6 is 0 Å². The van der Waals surface area contributed by atoms with E-state index in [0.717, 1.165) is 18.8 Å². The molecule has 1 N–H and O–H groups in total. The van der Waals surface area contributed by atoms with E-state index in [4.69, 9.17) is 4.74 Å². The smallest absolute Gasteiger partial charge is 0.119 e. The van der Waals surface area contributed by atoms with Crippen LogP contribution in [0.2, 0.25) is 0 Å². The summed E-state index contributed by atoms with van der Waals surface area (Å²) in [6.07, 6.45) is 2.47. The van der Waals surface area contributed by atoms with E-state index in [-0.39, 0.29) is 0 Å². The Morgan fingerprint density at radius 1 is 0.900 bits per heavy atom. The zero-order valence-electron chi connectivity index (χ0n) is 12.1. The SMILES string of the molecule is CCCCNCc1ccc(OCc2ccccc2)cc1. The average Bonchev–Trinajstić information content (AvgIpc) is 2.52. The second-order valence-electron chi connectivity index (χ2n) is 4.95. The first-order chi connectivity index (χ1) is 9.88. The molecule has 2 rings (SSSR count). The molecule has 2 aromatic rings. The van der Waals surface area contributed by atoms with Crippen LogP contribution in [0.1, 0.15) is 30.9 Å². The van der Waals surface area contributed by atoms with Crippen LogP contribution in [0.15, 0.2) is 54.6 Å². The summed E-state index contributed by atoms with van der Waals surface area (Å²) in [7, 11) is 0. The minimum absolute atomic E-state index is 0.620. The van der Waals surface area contributed by atoms with Crippen LogP contribution in [-0.2, 0) is 13.2 Å². The van der Waals surface area contributed by atoms with Crippen molar-refractivity contribution in [3.8, 4) is 5.75 Å². The molecule has 0 spiro atoms. The van der Waals surface area contributed by atoms with E-state index >= 15 is 0 Å². The molecule has 0 atom stereocenters. The first kappa shape index (κ1) is 14.6. The van der Waals surface area contributed by atoms with Crippen LogP contribution in [0.5, 0.6) is 5.75 Å². The van der Waals surface area contributed by atoms with Crippen LogP contribution in [0.25, 0.3) is 0 Å². The van der Waals surface area contributed by atoms with Crippen LogP contribution in [0.3, 0.4) is 0 Å². The molecule has 0 saturated carbocycles. The summed E-state index contributed by atoms with van der Waals surface area (Å²) in [6, 6.07) is 18.6. The van der Waals surface area contributed by atoms with Gasteiger partial charge in [0.1, 0.15) is 12.4 Å². The van der Waals surface area contributed by atoms with E-state index in [0.29, 0.717) is 6.61 Å². The quantitative estimate of drug-likeness (QED) is 0.727. The van der Waals surface area contributed by atoms with Crippen molar-refractivity contribution in [3.63, 3.8) is 0 Å². The van der Waals surface area contributed by atoms with Gasteiger partial charge >= 0.3 is 0 Å². The molecule has 0 radical (unpaired) electrons. The number of ether oxygens (including phenoxy) is 1. The summed E-state index contributed by atoms with van der Waals surface area (Å²) in [4.78, 5) is 0. The Hall–Kier alpha value is -1.80. The maximum atomic E-state index is 5.77. The summed E-state index contributed by atoms with van der Waals surface area (Å²) >= 11 is 0. The molecule has 2 heteroatoms. The van der Waals surface area contributed by atoms with Crippen molar-refractivity contribution in [2.45, 2.75) is 32.9 Å². The highest BCUT2D eigenvalue weighted by atomic mass is 16.5. The first-order valence-electron chi connectivity index (χ1n) is 7.35. The lowest BCUT2D eigenvalue weighted by molar-refractivity contribution is 0.306. The molecule has 0 fully saturated rings. The maximum absolute atomic E-state index is 5.77. The fraction of sp³-hybridized carbons (Fsp3) is 0.333. The third kappa shape index (κ3) is 5.06. The van der Waals surface area contributed by atoms with Gasteiger partial charge in [-0.25, -0.2) is 0 Å². The van der Waals surface area contributed by atoms with Crippen molar-refractivity contribution in [1.29, 1.82) is 0 Å². The topological polar surface area (TPSA) is 21.3 Å². The van der Waals surface area contributed by atoms with Crippen molar-refractivity contribution in [3.05, 3.63) is 65.7 Å². The maximum Gasteiger partial charge on any atom is 0.119 e. The number of hydrogen-bond donors (Lipinski definition) is 1. The van der Waals surface area contributed by atoms with Gasteiger partial charge in [-0.05, 0) is 36.2 Å². The molecule has 106 valence electrons. The Kier molecular flexibility index (Phi) is 6.12. The molecule has 0 aliphatic rings. The summed E-state index contributed by atoms with van der Waals surface area (Å²) in [5.41, 5.74) is 2.49. The second-order valence-corrected chi connectivity index (χ2v) is 4.95. The van der Waals surface area contributed by atoms with Crippen LogP contribution in [0, 0.1) is 0 Å². The van der Waals surface area contributed by atoms with Gasteiger partial charge in [-0.3, -0.25) is 0 Å². The van der Waals surface area contributed by atoms with E-state index in [1.165, 1.54) is 24.0 Å². The zero-order chi connectivity index (χ0) is 14.0. The lowest BCUT2D eigenvalue weighted by atomic mass is 10.2. The van der Waals surface area contributed by atoms with Gasteiger partial charge in [0, 0.05) is 6.54 Å². The molecular formula is C18H23NO. The van der Waals surface area contributed by atoms with Crippen LogP contribution < -0.4 is 10.1 Å². The van der Waals surface area contributed by atoms with E-state index in [1.54, 1.807) is 0 Å². The minimum atomic E-state index is 0.620. The average molecular weight is 269 g/mol. The third-order valence-electron chi connectivity index (χ3n) is 3.21. The summed E-state index contributed by atoms with van der Waals surface area (Å²) in [5.74, 6) is 0.922. The number of hydrogen-bond acceptors (Lipinski definition) is 2. The van der Waals surface area contributed by atoms with Gasteiger partial charge in [0.15, 0.2) is 0 Å². The zero-order valence-corrected chi connectivity index (χ0v) is 12.1. The normalized spacial score (nSPS) is 10.4. The second kappa shape index (κ2) is 8.39. The van der Waals surface area contributed by atoms with Gasteiger partial charge in [-0.2, -0.15) is 0 Å². The van der Waals surface area contributed by atoms with Gasteiger partial charge in [-0.15, -0.1) is 0 Å². The number of rotatable bonds is 8. The number of benzene rings is 2. The van der Waals surface area contributed by atoms with Gasteiger partial charge in [0.05, 0.1) is 0 Å². The van der Waals surface area contributed by atoms with Crippen molar-refractivity contribution in [2.24, 2.45) is 0 Å². The summed E-state index contributed by atoms with van der Waals surface area (Å²) < 4.78 is 5.77. The lowest BCUT2D eigenvalue weighted by Crippen LogP contribution is -2.14. The third-order valence-corrected chi connectivity index (χ3v) is 3.21. The minimum Gasteiger partial charge on any atom is -0.489 e. The first-order valence-corrected chi connectivity index (χ1v) is 7.35.